The lowest BCUT2D eigenvalue weighted by atomic mass is 10.2. The molecule has 1 aliphatic carbocycles. The normalized spacial score (nSPS) is 24.5. The molecule has 0 bridgehead atoms. The summed E-state index contributed by atoms with van der Waals surface area (Å²) in [6.07, 6.45) is 4.08. The van der Waals surface area contributed by atoms with Crippen molar-refractivity contribution in [2.75, 3.05) is 25.4 Å². The fraction of sp³-hybridized carbons (Fsp3) is 0.846. The highest BCUT2D eigenvalue weighted by Gasteiger charge is 2.32. The predicted molar refractivity (Wildman–Crippen MR) is 75.5 cm³/mol. The van der Waals surface area contributed by atoms with Gasteiger partial charge in [0, 0.05) is 30.1 Å². The van der Waals surface area contributed by atoms with Gasteiger partial charge in [0.25, 0.3) is 0 Å². The zero-order valence-corrected chi connectivity index (χ0v) is 12.2. The van der Waals surface area contributed by atoms with Crippen molar-refractivity contribution in [1.29, 1.82) is 0 Å². The number of urea groups is 1. The predicted octanol–water partition coefficient (Wildman–Crippen LogP) is 1.87. The fourth-order valence-electron chi connectivity index (χ4n) is 2.89. The van der Waals surface area contributed by atoms with Crippen LogP contribution in [0.2, 0.25) is 0 Å². The Balaban J connectivity index is 2.03. The zero-order chi connectivity index (χ0) is 13.8. The van der Waals surface area contributed by atoms with E-state index in [1.165, 1.54) is 0 Å². The molecule has 1 saturated carbocycles. The van der Waals surface area contributed by atoms with Crippen molar-refractivity contribution in [3.05, 3.63) is 0 Å². The molecule has 0 spiro atoms. The lowest BCUT2D eigenvalue weighted by Gasteiger charge is -2.37. The van der Waals surface area contributed by atoms with E-state index in [2.05, 4.69) is 6.92 Å². The van der Waals surface area contributed by atoms with Crippen molar-refractivity contribution in [2.45, 2.75) is 43.9 Å². The molecular formula is C13H22N2O3S. The largest absolute Gasteiger partial charge is 0.480 e. The van der Waals surface area contributed by atoms with Gasteiger partial charge < -0.3 is 14.9 Å². The highest BCUT2D eigenvalue weighted by Crippen LogP contribution is 2.26. The molecule has 2 aliphatic rings. The van der Waals surface area contributed by atoms with Crippen molar-refractivity contribution >= 4 is 23.8 Å². The number of nitrogens with zero attached hydrogens (tertiary/aromatic N) is 2. The molecule has 1 aliphatic heterocycles. The summed E-state index contributed by atoms with van der Waals surface area (Å²) in [5.41, 5.74) is 0. The Morgan fingerprint density at radius 2 is 2.05 bits per heavy atom. The number of hydrogen-bond acceptors (Lipinski definition) is 3. The van der Waals surface area contributed by atoms with Crippen LogP contribution in [-0.4, -0.2) is 63.6 Å². The Kier molecular flexibility index (Phi) is 4.96. The first-order valence-electron chi connectivity index (χ1n) is 6.97. The van der Waals surface area contributed by atoms with Crippen LogP contribution in [0.15, 0.2) is 0 Å². The molecule has 5 nitrogen and oxygen atoms in total. The van der Waals surface area contributed by atoms with Gasteiger partial charge >= 0.3 is 12.0 Å². The second kappa shape index (κ2) is 6.50. The topological polar surface area (TPSA) is 60.9 Å². The van der Waals surface area contributed by atoms with E-state index in [9.17, 15) is 9.59 Å². The third-order valence-corrected chi connectivity index (χ3v) is 4.96. The molecule has 19 heavy (non-hydrogen) atoms. The number of amides is 2. The lowest BCUT2D eigenvalue weighted by Crippen LogP contribution is -2.52. The van der Waals surface area contributed by atoms with Crippen molar-refractivity contribution < 1.29 is 14.7 Å². The SMILES string of the molecule is CC1CN(C(=O)N(CC(=O)O)C2CCCC2)CCS1. The van der Waals surface area contributed by atoms with Crippen molar-refractivity contribution in [1.82, 2.24) is 9.80 Å². The van der Waals surface area contributed by atoms with Crippen molar-refractivity contribution in [3.63, 3.8) is 0 Å². The quantitative estimate of drug-likeness (QED) is 0.860. The number of carbonyl (C=O) groups excluding carboxylic acids is 1. The zero-order valence-electron chi connectivity index (χ0n) is 11.4. The standard InChI is InChI=1S/C13H22N2O3S/c1-10-8-14(6-7-19-10)13(18)15(9-12(16)17)11-4-2-3-5-11/h10-11H,2-9H2,1H3,(H,16,17). The second-order valence-corrected chi connectivity index (χ2v) is 6.92. The number of hydrogen-bond donors (Lipinski definition) is 1. The molecule has 1 saturated heterocycles. The summed E-state index contributed by atoms with van der Waals surface area (Å²) in [5, 5.41) is 9.46. The van der Waals surface area contributed by atoms with Crippen LogP contribution < -0.4 is 0 Å². The van der Waals surface area contributed by atoms with E-state index in [1.54, 1.807) is 4.90 Å². The molecule has 0 aromatic heterocycles. The number of aliphatic carboxylic acids is 1. The molecule has 2 rings (SSSR count). The molecule has 108 valence electrons. The van der Waals surface area contributed by atoms with Crippen LogP contribution in [0.1, 0.15) is 32.6 Å². The highest BCUT2D eigenvalue weighted by atomic mass is 32.2. The number of carboxylic acid groups (broad SMARTS) is 1. The Hall–Kier alpha value is -0.910. The van der Waals surface area contributed by atoms with Gasteiger partial charge in [-0.25, -0.2) is 4.79 Å². The van der Waals surface area contributed by atoms with E-state index in [1.807, 2.05) is 16.7 Å². The number of carboxylic acids is 1. The lowest BCUT2D eigenvalue weighted by molar-refractivity contribution is -0.138. The van der Waals surface area contributed by atoms with E-state index < -0.39 is 5.97 Å². The van der Waals surface area contributed by atoms with Crippen LogP contribution in [-0.2, 0) is 4.79 Å². The van der Waals surface area contributed by atoms with Crippen LogP contribution in [0.5, 0.6) is 0 Å². The molecule has 0 aromatic rings. The van der Waals surface area contributed by atoms with Gasteiger partial charge in [-0.15, -0.1) is 0 Å². The van der Waals surface area contributed by atoms with Crippen molar-refractivity contribution in [3.8, 4) is 0 Å². The summed E-state index contributed by atoms with van der Waals surface area (Å²) < 4.78 is 0. The summed E-state index contributed by atoms with van der Waals surface area (Å²) in [6.45, 7) is 3.41. The average molecular weight is 286 g/mol. The fourth-order valence-corrected chi connectivity index (χ4v) is 3.90. The first kappa shape index (κ1) is 14.5. The van der Waals surface area contributed by atoms with Gasteiger partial charge in [-0.05, 0) is 12.8 Å². The second-order valence-electron chi connectivity index (χ2n) is 5.37. The van der Waals surface area contributed by atoms with Crippen LogP contribution >= 0.6 is 11.8 Å². The third-order valence-electron chi connectivity index (χ3n) is 3.83. The van der Waals surface area contributed by atoms with Gasteiger partial charge in [0.1, 0.15) is 6.54 Å². The maximum Gasteiger partial charge on any atom is 0.323 e. The summed E-state index contributed by atoms with van der Waals surface area (Å²) in [4.78, 5) is 27.0. The van der Waals surface area contributed by atoms with E-state index in [0.717, 1.165) is 44.5 Å². The smallest absolute Gasteiger partial charge is 0.323 e. The molecular weight excluding hydrogens is 264 g/mol. The summed E-state index contributed by atoms with van der Waals surface area (Å²) in [6, 6.07) is 0.0370. The Labute approximate surface area is 118 Å². The molecule has 2 amide bonds. The highest BCUT2D eigenvalue weighted by molar-refractivity contribution is 7.99. The van der Waals surface area contributed by atoms with E-state index >= 15 is 0 Å². The van der Waals surface area contributed by atoms with Crippen LogP contribution in [0.25, 0.3) is 0 Å². The van der Waals surface area contributed by atoms with Gasteiger partial charge in [0.15, 0.2) is 0 Å². The van der Waals surface area contributed by atoms with E-state index in [4.69, 9.17) is 5.11 Å². The van der Waals surface area contributed by atoms with Crippen molar-refractivity contribution in [2.24, 2.45) is 0 Å². The molecule has 0 aromatic carbocycles. The summed E-state index contributed by atoms with van der Waals surface area (Å²) in [5.74, 6) is 0.0260. The minimum absolute atomic E-state index is 0.0820. The molecule has 0 radical (unpaired) electrons. The Morgan fingerprint density at radius 1 is 1.37 bits per heavy atom. The van der Waals surface area contributed by atoms with E-state index in [-0.39, 0.29) is 18.6 Å². The molecule has 1 unspecified atom stereocenters. The minimum atomic E-state index is -0.917. The first-order valence-corrected chi connectivity index (χ1v) is 8.01. The van der Waals surface area contributed by atoms with Crippen LogP contribution in [0, 0.1) is 0 Å². The number of carbonyl (C=O) groups is 2. The summed E-state index contributed by atoms with van der Waals surface area (Å²) >= 11 is 1.87. The van der Waals surface area contributed by atoms with Gasteiger partial charge in [-0.1, -0.05) is 19.8 Å². The van der Waals surface area contributed by atoms with Crippen LogP contribution in [0.3, 0.4) is 0 Å². The molecule has 2 fully saturated rings. The van der Waals surface area contributed by atoms with E-state index in [0.29, 0.717) is 5.25 Å². The first-order chi connectivity index (χ1) is 9.08. The van der Waals surface area contributed by atoms with Gasteiger partial charge in [-0.3, -0.25) is 4.79 Å². The van der Waals surface area contributed by atoms with Gasteiger partial charge in [0.05, 0.1) is 0 Å². The number of thioether (sulfide) groups is 1. The average Bonchev–Trinajstić information content (AvgIpc) is 2.88. The Morgan fingerprint density at radius 3 is 2.63 bits per heavy atom. The molecule has 1 N–H and O–H groups in total. The van der Waals surface area contributed by atoms with Crippen LogP contribution in [0.4, 0.5) is 4.79 Å². The monoisotopic (exact) mass is 286 g/mol. The minimum Gasteiger partial charge on any atom is -0.480 e. The third kappa shape index (κ3) is 3.78. The molecule has 6 heteroatoms. The maximum absolute atomic E-state index is 12.5. The number of rotatable bonds is 3. The summed E-state index contributed by atoms with van der Waals surface area (Å²) in [7, 11) is 0. The maximum atomic E-state index is 12.5. The molecule has 1 atom stereocenters. The van der Waals surface area contributed by atoms with Gasteiger partial charge in [-0.2, -0.15) is 11.8 Å². The molecule has 1 heterocycles. The van der Waals surface area contributed by atoms with Gasteiger partial charge in [0.2, 0.25) is 0 Å². The Bertz CT molecular complexity index is 345.